The molecule has 6 aromatic carbocycles. The van der Waals surface area contributed by atoms with Gasteiger partial charge >= 0.3 is 0 Å². The van der Waals surface area contributed by atoms with Gasteiger partial charge in [0.25, 0.3) is 0 Å². The van der Waals surface area contributed by atoms with Crippen molar-refractivity contribution in [3.05, 3.63) is 145 Å². The van der Waals surface area contributed by atoms with Crippen molar-refractivity contribution < 1.29 is 13.9 Å². The third-order valence-corrected chi connectivity index (χ3v) is 10.7. The van der Waals surface area contributed by atoms with Gasteiger partial charge in [0, 0.05) is 38.7 Å². The van der Waals surface area contributed by atoms with Crippen molar-refractivity contribution in [2.24, 2.45) is 0 Å². The van der Waals surface area contributed by atoms with Crippen LogP contribution in [0, 0.1) is 0 Å². The SMILES string of the molecule is CC(C)c1cccc(C(C)C)c1-n1cc(-c2nc(-c3cccc4c3oc3ccccc34)cc3ccccc23)nc1-c1c(O)ccc2oc3ccccc3c12. The van der Waals surface area contributed by atoms with Crippen LogP contribution in [-0.2, 0) is 0 Å². The van der Waals surface area contributed by atoms with E-state index in [0.717, 1.165) is 71.7 Å². The lowest BCUT2D eigenvalue weighted by molar-refractivity contribution is 0.477. The number of phenolic OH excluding ortho intramolecular Hbond substituents is 1. The summed E-state index contributed by atoms with van der Waals surface area (Å²) in [6, 6.07) is 42.9. The van der Waals surface area contributed by atoms with Crippen LogP contribution in [0.3, 0.4) is 0 Å². The molecule has 54 heavy (non-hydrogen) atoms. The van der Waals surface area contributed by atoms with Crippen LogP contribution >= 0.6 is 0 Å². The largest absolute Gasteiger partial charge is 0.507 e. The molecule has 0 fully saturated rings. The lowest BCUT2D eigenvalue weighted by Gasteiger charge is -2.22. The maximum Gasteiger partial charge on any atom is 0.149 e. The minimum atomic E-state index is 0.128. The number of furan rings is 2. The van der Waals surface area contributed by atoms with E-state index in [4.69, 9.17) is 18.8 Å². The zero-order valence-corrected chi connectivity index (χ0v) is 30.5. The summed E-state index contributed by atoms with van der Waals surface area (Å²) in [5.41, 5.74) is 10.3. The molecular formula is C48H37N3O3. The Labute approximate surface area is 311 Å². The molecule has 4 aromatic heterocycles. The zero-order chi connectivity index (χ0) is 36.7. The Morgan fingerprint density at radius 1 is 0.574 bits per heavy atom. The number of hydrogen-bond acceptors (Lipinski definition) is 5. The molecule has 0 aliphatic heterocycles. The molecule has 0 amide bonds. The van der Waals surface area contributed by atoms with Crippen LogP contribution < -0.4 is 0 Å². The third-order valence-electron chi connectivity index (χ3n) is 10.7. The van der Waals surface area contributed by atoms with Crippen LogP contribution in [0.2, 0.25) is 0 Å². The van der Waals surface area contributed by atoms with E-state index in [9.17, 15) is 5.11 Å². The summed E-state index contributed by atoms with van der Waals surface area (Å²) in [6.45, 7) is 8.89. The number of rotatable bonds is 6. The molecule has 0 aliphatic carbocycles. The third kappa shape index (κ3) is 4.87. The Bertz CT molecular complexity index is 3060. The number of fused-ring (bicyclic) bond motifs is 7. The first-order chi connectivity index (χ1) is 26.4. The van der Waals surface area contributed by atoms with E-state index in [2.05, 4.69) is 105 Å². The van der Waals surface area contributed by atoms with Crippen molar-refractivity contribution in [2.75, 3.05) is 0 Å². The van der Waals surface area contributed by atoms with Crippen LogP contribution in [0.5, 0.6) is 5.75 Å². The Balaban J connectivity index is 1.31. The average molecular weight is 704 g/mol. The fourth-order valence-electron chi connectivity index (χ4n) is 8.14. The van der Waals surface area contributed by atoms with Gasteiger partial charge in [-0.3, -0.25) is 4.57 Å². The summed E-state index contributed by atoms with van der Waals surface area (Å²) in [4.78, 5) is 10.9. The van der Waals surface area contributed by atoms with Gasteiger partial charge in [-0.25, -0.2) is 9.97 Å². The summed E-state index contributed by atoms with van der Waals surface area (Å²) < 4.78 is 15.0. The highest BCUT2D eigenvalue weighted by Crippen LogP contribution is 2.45. The highest BCUT2D eigenvalue weighted by Gasteiger charge is 2.27. The molecule has 10 rings (SSSR count). The normalized spacial score (nSPS) is 12.1. The smallest absolute Gasteiger partial charge is 0.149 e. The van der Waals surface area contributed by atoms with Gasteiger partial charge in [0.2, 0.25) is 0 Å². The van der Waals surface area contributed by atoms with E-state index in [1.807, 2.05) is 54.6 Å². The van der Waals surface area contributed by atoms with Crippen molar-refractivity contribution >= 4 is 54.6 Å². The quantitative estimate of drug-likeness (QED) is 0.186. The number of phenols is 1. The lowest BCUT2D eigenvalue weighted by Crippen LogP contribution is -2.08. The van der Waals surface area contributed by atoms with Crippen LogP contribution in [0.1, 0.15) is 50.7 Å². The highest BCUT2D eigenvalue weighted by molar-refractivity contribution is 6.14. The fraction of sp³-hybridized carbons (Fsp3) is 0.125. The van der Waals surface area contributed by atoms with Crippen LogP contribution in [0.15, 0.2) is 142 Å². The number of hydrogen-bond donors (Lipinski definition) is 1. The molecular weight excluding hydrogens is 667 g/mol. The lowest BCUT2D eigenvalue weighted by atomic mass is 9.92. The van der Waals surface area contributed by atoms with Gasteiger partial charge in [0.15, 0.2) is 0 Å². The summed E-state index contributed by atoms with van der Waals surface area (Å²) in [5, 5.41) is 17.7. The predicted molar refractivity (Wildman–Crippen MR) is 220 cm³/mol. The second-order valence-corrected chi connectivity index (χ2v) is 14.7. The summed E-state index contributed by atoms with van der Waals surface area (Å²) in [5.74, 6) is 1.19. The number of imidazole rings is 1. The molecule has 0 unspecified atom stereocenters. The molecule has 262 valence electrons. The predicted octanol–water partition coefficient (Wildman–Crippen LogP) is 13.2. The molecule has 0 saturated carbocycles. The summed E-state index contributed by atoms with van der Waals surface area (Å²) >= 11 is 0. The van der Waals surface area contributed by atoms with Gasteiger partial charge in [0.05, 0.1) is 22.6 Å². The molecule has 4 heterocycles. The van der Waals surface area contributed by atoms with E-state index in [-0.39, 0.29) is 17.6 Å². The molecule has 0 bridgehead atoms. The average Bonchev–Trinajstić information content (AvgIpc) is 3.91. The number of aromatic hydroxyl groups is 1. The number of aromatic nitrogens is 3. The highest BCUT2D eigenvalue weighted by atomic mass is 16.3. The standard InChI is InChI=1S/C48H37N3O3/c1-27(2)30-17-11-18-31(28(3)4)46(30)51-26-38(50-48(51)44-39(52)23-24-42-43(44)36-16-8-10-22-41(36)53-42)45-32-14-6-5-13-29(32)25-37(49-45)35-20-12-19-34-33-15-7-9-21-40(33)54-47(34)35/h5-28,52H,1-4H3. The molecule has 6 heteroatoms. The van der Waals surface area contributed by atoms with Crippen molar-refractivity contribution in [1.29, 1.82) is 0 Å². The van der Waals surface area contributed by atoms with Gasteiger partial charge in [-0.15, -0.1) is 0 Å². The fourth-order valence-corrected chi connectivity index (χ4v) is 8.14. The Morgan fingerprint density at radius 2 is 1.22 bits per heavy atom. The van der Waals surface area contributed by atoms with E-state index in [1.54, 1.807) is 6.07 Å². The van der Waals surface area contributed by atoms with Crippen molar-refractivity contribution in [1.82, 2.24) is 14.5 Å². The van der Waals surface area contributed by atoms with Crippen molar-refractivity contribution in [3.8, 4) is 45.5 Å². The van der Waals surface area contributed by atoms with E-state index >= 15 is 0 Å². The Morgan fingerprint density at radius 3 is 1.98 bits per heavy atom. The minimum absolute atomic E-state index is 0.128. The van der Waals surface area contributed by atoms with Gasteiger partial charge in [-0.05, 0) is 64.7 Å². The molecule has 6 nitrogen and oxygen atoms in total. The van der Waals surface area contributed by atoms with Gasteiger partial charge in [-0.1, -0.05) is 119 Å². The number of pyridine rings is 1. The van der Waals surface area contributed by atoms with Crippen LogP contribution in [0.4, 0.5) is 0 Å². The first kappa shape index (κ1) is 32.0. The second kappa shape index (κ2) is 12.2. The van der Waals surface area contributed by atoms with E-state index < -0.39 is 0 Å². The van der Waals surface area contributed by atoms with Crippen molar-refractivity contribution in [3.63, 3.8) is 0 Å². The maximum atomic E-state index is 11.9. The van der Waals surface area contributed by atoms with E-state index in [0.29, 0.717) is 22.7 Å². The minimum Gasteiger partial charge on any atom is -0.507 e. The Hall–Kier alpha value is -6.66. The first-order valence-corrected chi connectivity index (χ1v) is 18.5. The van der Waals surface area contributed by atoms with Crippen LogP contribution in [0.25, 0.3) is 94.4 Å². The number of nitrogens with zero attached hydrogens (tertiary/aromatic N) is 3. The Kier molecular flexibility index (Phi) is 7.24. The molecule has 1 N–H and O–H groups in total. The first-order valence-electron chi connectivity index (χ1n) is 18.5. The summed E-state index contributed by atoms with van der Waals surface area (Å²) in [6.07, 6.45) is 2.10. The maximum absolute atomic E-state index is 11.9. The van der Waals surface area contributed by atoms with Gasteiger partial charge in [-0.2, -0.15) is 0 Å². The number of para-hydroxylation sites is 4. The summed E-state index contributed by atoms with van der Waals surface area (Å²) in [7, 11) is 0. The van der Waals surface area contributed by atoms with Gasteiger partial charge in [0.1, 0.15) is 39.6 Å². The monoisotopic (exact) mass is 703 g/mol. The molecule has 0 radical (unpaired) electrons. The van der Waals surface area contributed by atoms with Crippen LogP contribution in [-0.4, -0.2) is 19.6 Å². The molecule has 0 aliphatic rings. The van der Waals surface area contributed by atoms with E-state index in [1.165, 1.54) is 11.1 Å². The molecule has 0 atom stereocenters. The van der Waals surface area contributed by atoms with Gasteiger partial charge < -0.3 is 13.9 Å². The molecule has 0 saturated heterocycles. The second-order valence-electron chi connectivity index (χ2n) is 14.7. The number of benzene rings is 6. The molecule has 0 spiro atoms. The molecule has 10 aromatic rings. The zero-order valence-electron chi connectivity index (χ0n) is 30.5. The topological polar surface area (TPSA) is 77.2 Å². The van der Waals surface area contributed by atoms with Crippen molar-refractivity contribution in [2.45, 2.75) is 39.5 Å².